The molecule has 21 heavy (non-hydrogen) atoms. The second-order valence-corrected chi connectivity index (χ2v) is 4.15. The Morgan fingerprint density at radius 1 is 1.05 bits per heavy atom. The molecule has 0 atom stereocenters. The maximum atomic E-state index is 11.8. The SMILES string of the molecule is N#C/C(C=O)=C\c1ccc(OC(=O)c2ccccc2)cc1. The summed E-state index contributed by atoms with van der Waals surface area (Å²) < 4.78 is 5.22. The molecular formula is C17H11NO3. The number of nitrogens with zero attached hydrogens (tertiary/aromatic N) is 1. The van der Waals surface area contributed by atoms with Crippen molar-refractivity contribution < 1.29 is 14.3 Å². The van der Waals surface area contributed by atoms with Crippen LogP contribution in [0.15, 0.2) is 60.2 Å². The maximum absolute atomic E-state index is 11.8. The molecule has 0 bridgehead atoms. The van der Waals surface area contributed by atoms with Gasteiger partial charge in [0, 0.05) is 0 Å². The minimum Gasteiger partial charge on any atom is -0.423 e. The molecule has 0 N–H and O–H groups in total. The summed E-state index contributed by atoms with van der Waals surface area (Å²) in [4.78, 5) is 22.4. The van der Waals surface area contributed by atoms with Gasteiger partial charge in [-0.25, -0.2) is 4.79 Å². The average molecular weight is 277 g/mol. The minimum absolute atomic E-state index is 0.0315. The Bertz CT molecular complexity index is 710. The van der Waals surface area contributed by atoms with E-state index in [1.54, 1.807) is 54.6 Å². The summed E-state index contributed by atoms with van der Waals surface area (Å²) in [5.41, 5.74) is 1.18. The van der Waals surface area contributed by atoms with E-state index in [0.29, 0.717) is 23.2 Å². The lowest BCUT2D eigenvalue weighted by molar-refractivity contribution is -0.104. The molecule has 0 fully saturated rings. The van der Waals surface area contributed by atoms with Crippen molar-refractivity contribution in [2.24, 2.45) is 0 Å². The molecule has 0 saturated carbocycles. The molecule has 0 aliphatic carbocycles. The van der Waals surface area contributed by atoms with E-state index < -0.39 is 5.97 Å². The predicted octanol–water partition coefficient (Wildman–Crippen LogP) is 3.01. The zero-order valence-corrected chi connectivity index (χ0v) is 11.0. The van der Waals surface area contributed by atoms with Gasteiger partial charge in [-0.2, -0.15) is 5.26 Å². The fraction of sp³-hybridized carbons (Fsp3) is 0. The van der Waals surface area contributed by atoms with Crippen molar-refractivity contribution in [3.63, 3.8) is 0 Å². The number of benzene rings is 2. The van der Waals surface area contributed by atoms with Gasteiger partial charge in [-0.1, -0.05) is 30.3 Å². The molecule has 2 aromatic carbocycles. The smallest absolute Gasteiger partial charge is 0.343 e. The van der Waals surface area contributed by atoms with E-state index in [-0.39, 0.29) is 5.57 Å². The van der Waals surface area contributed by atoms with Crippen LogP contribution in [-0.2, 0) is 4.79 Å². The third-order valence-corrected chi connectivity index (χ3v) is 2.68. The van der Waals surface area contributed by atoms with Crippen molar-refractivity contribution in [2.75, 3.05) is 0 Å². The summed E-state index contributed by atoms with van der Waals surface area (Å²) in [6, 6.07) is 17.0. The van der Waals surface area contributed by atoms with E-state index in [2.05, 4.69) is 0 Å². The van der Waals surface area contributed by atoms with Crippen LogP contribution >= 0.6 is 0 Å². The molecule has 4 nitrogen and oxygen atoms in total. The first-order valence-electron chi connectivity index (χ1n) is 6.17. The Morgan fingerprint density at radius 2 is 1.71 bits per heavy atom. The van der Waals surface area contributed by atoms with Crippen molar-refractivity contribution in [1.82, 2.24) is 0 Å². The van der Waals surface area contributed by atoms with E-state index in [9.17, 15) is 9.59 Å². The number of ether oxygens (including phenoxy) is 1. The Morgan fingerprint density at radius 3 is 2.29 bits per heavy atom. The van der Waals surface area contributed by atoms with Gasteiger partial charge in [0.2, 0.25) is 0 Å². The highest BCUT2D eigenvalue weighted by Gasteiger charge is 2.07. The predicted molar refractivity (Wildman–Crippen MR) is 77.5 cm³/mol. The van der Waals surface area contributed by atoms with Crippen LogP contribution in [0.25, 0.3) is 6.08 Å². The second kappa shape index (κ2) is 6.83. The molecular weight excluding hydrogens is 266 g/mol. The van der Waals surface area contributed by atoms with Crippen molar-refractivity contribution in [2.45, 2.75) is 0 Å². The highest BCUT2D eigenvalue weighted by molar-refractivity contribution is 5.91. The lowest BCUT2D eigenvalue weighted by Gasteiger charge is -2.04. The molecule has 0 heterocycles. The number of carbonyl (C=O) groups is 2. The van der Waals surface area contributed by atoms with Gasteiger partial charge in [0.15, 0.2) is 6.29 Å². The zero-order chi connectivity index (χ0) is 15.1. The fourth-order valence-corrected chi connectivity index (χ4v) is 1.64. The van der Waals surface area contributed by atoms with Gasteiger partial charge in [0.25, 0.3) is 0 Å². The highest BCUT2D eigenvalue weighted by Crippen LogP contribution is 2.15. The normalized spacial score (nSPS) is 10.5. The van der Waals surface area contributed by atoms with E-state index in [1.165, 1.54) is 6.08 Å². The largest absolute Gasteiger partial charge is 0.423 e. The number of nitriles is 1. The zero-order valence-electron chi connectivity index (χ0n) is 11.0. The molecule has 0 amide bonds. The molecule has 0 unspecified atom stereocenters. The van der Waals surface area contributed by atoms with Crippen molar-refractivity contribution >= 4 is 18.3 Å². The Labute approximate surface area is 121 Å². The number of rotatable bonds is 4. The van der Waals surface area contributed by atoms with Crippen LogP contribution in [0, 0.1) is 11.3 Å². The molecule has 2 aromatic rings. The van der Waals surface area contributed by atoms with Gasteiger partial charge in [0.05, 0.1) is 11.1 Å². The van der Waals surface area contributed by atoms with Gasteiger partial charge in [-0.05, 0) is 35.9 Å². The minimum atomic E-state index is -0.440. The van der Waals surface area contributed by atoms with Crippen molar-refractivity contribution in [3.05, 3.63) is 71.3 Å². The second-order valence-electron chi connectivity index (χ2n) is 4.15. The Kier molecular flexibility index (Phi) is 4.62. The first kappa shape index (κ1) is 14.2. The van der Waals surface area contributed by atoms with Crippen LogP contribution in [0.5, 0.6) is 5.75 Å². The van der Waals surface area contributed by atoms with Gasteiger partial charge in [-0.15, -0.1) is 0 Å². The topological polar surface area (TPSA) is 67.2 Å². The van der Waals surface area contributed by atoms with Gasteiger partial charge < -0.3 is 4.74 Å². The summed E-state index contributed by atoms with van der Waals surface area (Å²) in [7, 11) is 0. The van der Waals surface area contributed by atoms with E-state index in [4.69, 9.17) is 10.00 Å². The summed E-state index contributed by atoms with van der Waals surface area (Å²) in [5.74, 6) is -0.0462. The van der Waals surface area contributed by atoms with Crippen molar-refractivity contribution in [1.29, 1.82) is 5.26 Å². The van der Waals surface area contributed by atoms with Crippen LogP contribution in [-0.4, -0.2) is 12.3 Å². The van der Waals surface area contributed by atoms with Crippen LogP contribution in [0.4, 0.5) is 0 Å². The number of allylic oxidation sites excluding steroid dienone is 1. The third-order valence-electron chi connectivity index (χ3n) is 2.68. The molecule has 0 spiro atoms. The molecule has 102 valence electrons. The number of aldehydes is 1. The van der Waals surface area contributed by atoms with E-state index in [1.807, 2.05) is 6.07 Å². The lowest BCUT2D eigenvalue weighted by atomic mass is 10.1. The quantitative estimate of drug-likeness (QED) is 0.283. The fourth-order valence-electron chi connectivity index (χ4n) is 1.64. The molecule has 4 heteroatoms. The number of esters is 1. The van der Waals surface area contributed by atoms with E-state index >= 15 is 0 Å². The molecule has 0 aromatic heterocycles. The van der Waals surface area contributed by atoms with Gasteiger partial charge in [-0.3, -0.25) is 4.79 Å². The highest BCUT2D eigenvalue weighted by atomic mass is 16.5. The van der Waals surface area contributed by atoms with Gasteiger partial charge in [0.1, 0.15) is 11.8 Å². The summed E-state index contributed by atoms with van der Waals surface area (Å²) in [5, 5.41) is 8.67. The lowest BCUT2D eigenvalue weighted by Crippen LogP contribution is -2.07. The number of hydrogen-bond donors (Lipinski definition) is 0. The Hall–Kier alpha value is -3.19. The van der Waals surface area contributed by atoms with E-state index in [0.717, 1.165) is 0 Å². The molecule has 0 aliphatic heterocycles. The summed E-state index contributed by atoms with van der Waals surface area (Å²) in [6.45, 7) is 0. The van der Waals surface area contributed by atoms with Crippen LogP contribution in [0.3, 0.4) is 0 Å². The molecule has 0 saturated heterocycles. The molecule has 0 radical (unpaired) electrons. The average Bonchev–Trinajstić information content (AvgIpc) is 2.55. The van der Waals surface area contributed by atoms with Crippen LogP contribution in [0.1, 0.15) is 15.9 Å². The third kappa shape index (κ3) is 3.88. The molecule has 0 aliphatic rings. The van der Waals surface area contributed by atoms with Crippen molar-refractivity contribution in [3.8, 4) is 11.8 Å². The summed E-state index contributed by atoms with van der Waals surface area (Å²) >= 11 is 0. The number of hydrogen-bond acceptors (Lipinski definition) is 4. The molecule has 2 rings (SSSR count). The first-order chi connectivity index (χ1) is 10.2. The van der Waals surface area contributed by atoms with Crippen LogP contribution in [0.2, 0.25) is 0 Å². The Balaban J connectivity index is 2.10. The number of carbonyl (C=O) groups excluding carboxylic acids is 2. The first-order valence-corrected chi connectivity index (χ1v) is 6.17. The standard InChI is InChI=1S/C17H11NO3/c18-11-14(12-19)10-13-6-8-16(9-7-13)21-17(20)15-4-2-1-3-5-15/h1-10,12H/b14-10+. The maximum Gasteiger partial charge on any atom is 0.343 e. The van der Waals surface area contributed by atoms with Gasteiger partial charge >= 0.3 is 5.97 Å². The van der Waals surface area contributed by atoms with Crippen LogP contribution < -0.4 is 4.74 Å². The summed E-state index contributed by atoms with van der Waals surface area (Å²) in [6.07, 6.45) is 1.94. The monoisotopic (exact) mass is 277 g/mol.